The number of pyridine rings is 1. The topological polar surface area (TPSA) is 86.8 Å². The Hall–Kier alpha value is -3.72. The minimum absolute atomic E-state index is 0.0938. The Morgan fingerprint density at radius 1 is 1.11 bits per heavy atom. The van der Waals surface area contributed by atoms with Crippen LogP contribution in [-0.2, 0) is 10.5 Å². The molecule has 0 bridgehead atoms. The van der Waals surface area contributed by atoms with Crippen molar-refractivity contribution in [2.24, 2.45) is 0 Å². The molecule has 4 rings (SSSR count). The summed E-state index contributed by atoms with van der Waals surface area (Å²) < 4.78 is 45.9. The molecular weight excluding hydrogens is 518 g/mol. The van der Waals surface area contributed by atoms with E-state index in [-0.39, 0.29) is 35.2 Å². The molecule has 1 aliphatic rings. The Morgan fingerprint density at radius 3 is 2.50 bits per heavy atom. The molecule has 1 aromatic heterocycles. The van der Waals surface area contributed by atoms with Crippen LogP contribution in [0.2, 0.25) is 5.02 Å². The number of nitrogens with zero attached hydrogens (tertiary/aromatic N) is 1. The summed E-state index contributed by atoms with van der Waals surface area (Å²) in [5, 5.41) is 2.60. The van der Waals surface area contributed by atoms with E-state index in [9.17, 15) is 14.0 Å². The molecule has 1 N–H and O–H groups in total. The number of carbonyl (C=O) groups is 2. The van der Waals surface area contributed by atoms with Gasteiger partial charge in [-0.3, -0.25) is 9.59 Å². The SMILES string of the molecule is COc1cc(C(=O)CCC(C)(F)c2ccc(OC)c(-c3ccc(F)c(Cl)c3)n2)ccc1OC1CCNC1=O. The standard InChI is InChI=1S/C28H27ClF2N2O5/c1-28(31,25-9-8-22(36-2)26(33-25)17-4-6-19(30)18(29)14-17)12-10-20(34)16-5-7-21(24(15-16)37-3)38-23-11-13-32-27(23)35/h4-9,14-15,23H,10-13H2,1-3H3,(H,32,35). The molecule has 2 atom stereocenters. The molecule has 1 amide bonds. The summed E-state index contributed by atoms with van der Waals surface area (Å²) in [7, 11) is 2.89. The van der Waals surface area contributed by atoms with Gasteiger partial charge in [-0.25, -0.2) is 13.8 Å². The molecule has 2 heterocycles. The molecule has 0 saturated carbocycles. The number of benzene rings is 2. The lowest BCUT2D eigenvalue weighted by molar-refractivity contribution is -0.124. The van der Waals surface area contributed by atoms with Crippen LogP contribution >= 0.6 is 11.6 Å². The van der Waals surface area contributed by atoms with Crippen molar-refractivity contribution in [3.05, 3.63) is 70.6 Å². The van der Waals surface area contributed by atoms with Gasteiger partial charge in [0.2, 0.25) is 0 Å². The zero-order valence-electron chi connectivity index (χ0n) is 21.1. The van der Waals surface area contributed by atoms with Crippen LogP contribution in [0, 0.1) is 5.82 Å². The highest BCUT2D eigenvalue weighted by atomic mass is 35.5. The number of hydrogen-bond donors (Lipinski definition) is 1. The summed E-state index contributed by atoms with van der Waals surface area (Å²) in [5.41, 5.74) is -0.767. The molecule has 3 aromatic rings. The zero-order valence-corrected chi connectivity index (χ0v) is 21.9. The molecular formula is C28H27ClF2N2O5. The lowest BCUT2D eigenvalue weighted by Crippen LogP contribution is -2.27. The van der Waals surface area contributed by atoms with Gasteiger partial charge < -0.3 is 19.5 Å². The van der Waals surface area contributed by atoms with Crippen LogP contribution in [0.5, 0.6) is 17.2 Å². The van der Waals surface area contributed by atoms with Gasteiger partial charge in [0.15, 0.2) is 23.4 Å². The van der Waals surface area contributed by atoms with Gasteiger partial charge in [-0.1, -0.05) is 11.6 Å². The first kappa shape index (κ1) is 27.3. The number of halogens is 3. The fourth-order valence-electron chi connectivity index (χ4n) is 4.15. The average Bonchev–Trinajstić information content (AvgIpc) is 3.32. The minimum atomic E-state index is -1.95. The Morgan fingerprint density at radius 2 is 1.84 bits per heavy atom. The molecule has 1 fully saturated rings. The number of nitrogens with one attached hydrogen (secondary N) is 1. The largest absolute Gasteiger partial charge is 0.494 e. The van der Waals surface area contributed by atoms with Crippen LogP contribution in [0.4, 0.5) is 8.78 Å². The van der Waals surface area contributed by atoms with E-state index in [2.05, 4.69) is 10.3 Å². The number of methoxy groups -OCH3 is 2. The normalized spacial score (nSPS) is 16.5. The molecule has 0 radical (unpaired) electrons. The Balaban J connectivity index is 1.50. The third-order valence-corrected chi connectivity index (χ3v) is 6.67. The highest BCUT2D eigenvalue weighted by Gasteiger charge is 2.31. The Bertz CT molecular complexity index is 1370. The maximum atomic E-state index is 15.8. The molecule has 38 heavy (non-hydrogen) atoms. The van der Waals surface area contributed by atoms with E-state index in [4.69, 9.17) is 25.8 Å². The van der Waals surface area contributed by atoms with Crippen molar-refractivity contribution in [2.45, 2.75) is 38.0 Å². The number of ether oxygens (including phenoxy) is 3. The Labute approximate surface area is 224 Å². The number of ketones is 1. The van der Waals surface area contributed by atoms with Gasteiger partial charge in [-0.15, -0.1) is 0 Å². The molecule has 0 aliphatic carbocycles. The van der Waals surface area contributed by atoms with E-state index in [1.54, 1.807) is 18.2 Å². The Kier molecular flexibility index (Phi) is 8.16. The summed E-state index contributed by atoms with van der Waals surface area (Å²) in [6, 6.07) is 11.8. The summed E-state index contributed by atoms with van der Waals surface area (Å²) >= 11 is 5.92. The lowest BCUT2D eigenvalue weighted by atomic mass is 9.93. The van der Waals surface area contributed by atoms with E-state index in [0.717, 1.165) is 0 Å². The second-order valence-electron chi connectivity index (χ2n) is 9.05. The van der Waals surface area contributed by atoms with Gasteiger partial charge in [0.1, 0.15) is 22.9 Å². The van der Waals surface area contributed by atoms with E-state index in [1.807, 2.05) is 0 Å². The summed E-state index contributed by atoms with van der Waals surface area (Å²) in [6.45, 7) is 1.88. The van der Waals surface area contributed by atoms with Crippen LogP contribution < -0.4 is 19.5 Å². The van der Waals surface area contributed by atoms with E-state index >= 15 is 4.39 Å². The minimum Gasteiger partial charge on any atom is -0.494 e. The number of rotatable bonds is 10. The predicted octanol–water partition coefficient (Wildman–Crippen LogP) is 5.67. The fourth-order valence-corrected chi connectivity index (χ4v) is 4.33. The number of alkyl halides is 1. The molecule has 1 saturated heterocycles. The first-order valence-corrected chi connectivity index (χ1v) is 12.4. The van der Waals surface area contributed by atoms with Gasteiger partial charge in [0, 0.05) is 30.5 Å². The van der Waals surface area contributed by atoms with Gasteiger partial charge in [-0.05, 0) is 61.9 Å². The number of hydrogen-bond acceptors (Lipinski definition) is 6. The highest BCUT2D eigenvalue weighted by molar-refractivity contribution is 6.31. The van der Waals surface area contributed by atoms with Crippen molar-refractivity contribution < 1.29 is 32.6 Å². The van der Waals surface area contributed by atoms with Gasteiger partial charge in [0.05, 0.1) is 24.9 Å². The average molecular weight is 545 g/mol. The fraction of sp³-hybridized carbons (Fsp3) is 0.321. The van der Waals surface area contributed by atoms with Gasteiger partial charge in [0.25, 0.3) is 5.91 Å². The molecule has 7 nitrogen and oxygen atoms in total. The van der Waals surface area contributed by atoms with E-state index < -0.39 is 17.6 Å². The quantitative estimate of drug-likeness (QED) is 0.331. The van der Waals surface area contributed by atoms with Crippen LogP contribution in [-0.4, -0.2) is 43.5 Å². The zero-order chi connectivity index (χ0) is 27.4. The van der Waals surface area contributed by atoms with Crippen molar-refractivity contribution in [1.82, 2.24) is 10.3 Å². The first-order valence-electron chi connectivity index (χ1n) is 12.0. The number of aromatic nitrogens is 1. The van der Waals surface area contributed by atoms with Crippen LogP contribution in [0.15, 0.2) is 48.5 Å². The van der Waals surface area contributed by atoms with Crippen molar-refractivity contribution in [3.63, 3.8) is 0 Å². The second kappa shape index (κ2) is 11.3. The smallest absolute Gasteiger partial charge is 0.261 e. The highest BCUT2D eigenvalue weighted by Crippen LogP contribution is 2.37. The van der Waals surface area contributed by atoms with Crippen LogP contribution in [0.1, 0.15) is 42.2 Å². The summed E-state index contributed by atoms with van der Waals surface area (Å²) in [6.07, 6.45) is -0.331. The summed E-state index contributed by atoms with van der Waals surface area (Å²) in [5.74, 6) is -0.0636. The maximum absolute atomic E-state index is 15.8. The van der Waals surface area contributed by atoms with Crippen molar-refractivity contribution in [3.8, 4) is 28.5 Å². The molecule has 0 spiro atoms. The van der Waals surface area contributed by atoms with Crippen molar-refractivity contribution in [2.75, 3.05) is 20.8 Å². The van der Waals surface area contributed by atoms with Gasteiger partial charge in [-0.2, -0.15) is 0 Å². The second-order valence-corrected chi connectivity index (χ2v) is 9.46. The van der Waals surface area contributed by atoms with E-state index in [1.165, 1.54) is 51.5 Å². The number of carbonyl (C=O) groups excluding carboxylic acids is 2. The maximum Gasteiger partial charge on any atom is 0.261 e. The number of amides is 1. The van der Waals surface area contributed by atoms with Crippen LogP contribution in [0.25, 0.3) is 11.3 Å². The molecule has 200 valence electrons. The summed E-state index contributed by atoms with van der Waals surface area (Å²) in [4.78, 5) is 29.2. The third-order valence-electron chi connectivity index (χ3n) is 6.38. The first-order chi connectivity index (χ1) is 18.1. The monoisotopic (exact) mass is 544 g/mol. The molecule has 2 unspecified atom stereocenters. The number of Topliss-reactive ketones (excluding diaryl/α,β-unsaturated/α-hetero) is 1. The van der Waals surface area contributed by atoms with Crippen molar-refractivity contribution in [1.29, 1.82) is 0 Å². The molecule has 10 heteroatoms. The predicted molar refractivity (Wildman–Crippen MR) is 138 cm³/mol. The molecule has 1 aliphatic heterocycles. The molecule has 2 aromatic carbocycles. The van der Waals surface area contributed by atoms with Crippen LogP contribution in [0.3, 0.4) is 0 Å². The third kappa shape index (κ3) is 5.88. The lowest BCUT2D eigenvalue weighted by Gasteiger charge is -2.21. The van der Waals surface area contributed by atoms with E-state index in [0.29, 0.717) is 47.0 Å². The van der Waals surface area contributed by atoms with Gasteiger partial charge >= 0.3 is 0 Å². The van der Waals surface area contributed by atoms with Crippen molar-refractivity contribution >= 4 is 23.3 Å².